The summed E-state index contributed by atoms with van der Waals surface area (Å²) in [7, 11) is 0. The second-order valence-electron chi connectivity index (χ2n) is 3.64. The van der Waals surface area contributed by atoms with Crippen LogP contribution in [-0.2, 0) is 0 Å². The van der Waals surface area contributed by atoms with Gasteiger partial charge in [-0.1, -0.05) is 5.92 Å². The first-order chi connectivity index (χ1) is 8.15. The van der Waals surface area contributed by atoms with Crippen molar-refractivity contribution in [3.63, 3.8) is 0 Å². The molecule has 92 valence electrons. The molecule has 1 aromatic carbocycles. The smallest absolute Gasteiger partial charge is 0.123 e. The number of aromatic hydroxyl groups is 1. The van der Waals surface area contributed by atoms with Crippen LogP contribution in [0.15, 0.2) is 18.2 Å². The minimum Gasteiger partial charge on any atom is -0.508 e. The first-order valence-corrected chi connectivity index (χ1v) is 6.53. The topological polar surface area (TPSA) is 32.3 Å². The Bertz CT molecular complexity index is 403. The maximum Gasteiger partial charge on any atom is 0.123 e. The molecule has 2 nitrogen and oxygen atoms in total. The fourth-order valence-corrected chi connectivity index (χ4v) is 1.99. The number of halogens is 1. The molecule has 1 atom stereocenters. The van der Waals surface area contributed by atoms with Crippen molar-refractivity contribution in [2.45, 2.75) is 13.0 Å². The Balaban J connectivity index is 2.44. The van der Waals surface area contributed by atoms with Gasteiger partial charge in [-0.05, 0) is 25.1 Å². The maximum atomic E-state index is 13.0. The van der Waals surface area contributed by atoms with E-state index in [9.17, 15) is 9.50 Å². The molecular weight excluding hydrogens is 237 g/mol. The largest absolute Gasteiger partial charge is 0.508 e. The van der Waals surface area contributed by atoms with Crippen LogP contribution >= 0.6 is 11.8 Å². The molecule has 0 heterocycles. The summed E-state index contributed by atoms with van der Waals surface area (Å²) < 4.78 is 13.0. The number of rotatable bonds is 6. The third-order valence-electron chi connectivity index (χ3n) is 2.34. The van der Waals surface area contributed by atoms with Crippen molar-refractivity contribution in [3.8, 4) is 18.1 Å². The third kappa shape index (κ3) is 4.68. The van der Waals surface area contributed by atoms with Crippen molar-refractivity contribution in [2.75, 3.05) is 18.1 Å². The number of benzene rings is 1. The zero-order valence-corrected chi connectivity index (χ0v) is 10.6. The second kappa shape index (κ2) is 7.21. The highest BCUT2D eigenvalue weighted by Crippen LogP contribution is 2.24. The van der Waals surface area contributed by atoms with E-state index < -0.39 is 0 Å². The molecular formula is C13H16FNOS. The highest BCUT2D eigenvalue weighted by atomic mass is 32.2. The highest BCUT2D eigenvalue weighted by molar-refractivity contribution is 7.99. The molecule has 0 aliphatic carbocycles. The first kappa shape index (κ1) is 13.9. The van der Waals surface area contributed by atoms with Crippen LogP contribution in [-0.4, -0.2) is 23.2 Å². The monoisotopic (exact) mass is 253 g/mol. The number of terminal acetylenes is 1. The van der Waals surface area contributed by atoms with Crippen molar-refractivity contribution >= 4 is 11.8 Å². The SMILES string of the molecule is C#CCSCCNC(C)c1cc(F)ccc1O. The maximum absolute atomic E-state index is 13.0. The minimum absolute atomic E-state index is 0.0860. The van der Waals surface area contributed by atoms with Crippen LogP contribution in [0.4, 0.5) is 4.39 Å². The Labute approximate surface area is 106 Å². The van der Waals surface area contributed by atoms with Gasteiger partial charge in [0, 0.05) is 23.9 Å². The summed E-state index contributed by atoms with van der Waals surface area (Å²) in [5.74, 6) is 3.91. The van der Waals surface area contributed by atoms with Crippen molar-refractivity contribution in [1.29, 1.82) is 0 Å². The predicted octanol–water partition coefficient (Wildman–Crippen LogP) is 2.55. The average Bonchev–Trinajstić information content (AvgIpc) is 2.32. The van der Waals surface area contributed by atoms with Gasteiger partial charge in [0.2, 0.25) is 0 Å². The lowest BCUT2D eigenvalue weighted by atomic mass is 10.1. The summed E-state index contributed by atoms with van der Waals surface area (Å²) in [4.78, 5) is 0. The van der Waals surface area contributed by atoms with Gasteiger partial charge in [0.15, 0.2) is 0 Å². The molecule has 0 spiro atoms. The van der Waals surface area contributed by atoms with E-state index in [2.05, 4.69) is 11.2 Å². The molecule has 1 aromatic rings. The molecule has 0 aliphatic rings. The number of thioether (sulfide) groups is 1. The Morgan fingerprint density at radius 3 is 3.06 bits per heavy atom. The Hall–Kier alpha value is -1.18. The number of phenols is 1. The second-order valence-corrected chi connectivity index (χ2v) is 4.74. The number of hydrogen-bond acceptors (Lipinski definition) is 3. The molecule has 0 saturated heterocycles. The Morgan fingerprint density at radius 2 is 2.35 bits per heavy atom. The van der Waals surface area contributed by atoms with Gasteiger partial charge >= 0.3 is 0 Å². The van der Waals surface area contributed by atoms with E-state index in [1.54, 1.807) is 11.8 Å². The van der Waals surface area contributed by atoms with Crippen molar-refractivity contribution in [3.05, 3.63) is 29.6 Å². The molecule has 1 rings (SSSR count). The van der Waals surface area contributed by atoms with Crippen LogP contribution in [0.25, 0.3) is 0 Å². The zero-order chi connectivity index (χ0) is 12.7. The third-order valence-corrected chi connectivity index (χ3v) is 3.20. The van der Waals surface area contributed by atoms with E-state index in [1.807, 2.05) is 6.92 Å². The normalized spacial score (nSPS) is 12.1. The van der Waals surface area contributed by atoms with E-state index in [-0.39, 0.29) is 17.6 Å². The van der Waals surface area contributed by atoms with Crippen LogP contribution in [0, 0.1) is 18.2 Å². The molecule has 0 bridgehead atoms. The number of phenolic OH excluding ortho intramolecular Hbond substituents is 1. The lowest BCUT2D eigenvalue weighted by molar-refractivity contribution is 0.451. The summed E-state index contributed by atoms with van der Waals surface area (Å²) in [5, 5.41) is 12.8. The predicted molar refractivity (Wildman–Crippen MR) is 70.6 cm³/mol. The summed E-state index contributed by atoms with van der Waals surface area (Å²) in [5.41, 5.74) is 0.576. The van der Waals surface area contributed by atoms with Gasteiger partial charge in [-0.15, -0.1) is 18.2 Å². The molecule has 0 radical (unpaired) electrons. The van der Waals surface area contributed by atoms with Crippen LogP contribution in [0.5, 0.6) is 5.75 Å². The molecule has 0 aromatic heterocycles. The molecule has 0 aliphatic heterocycles. The molecule has 1 unspecified atom stereocenters. The van der Waals surface area contributed by atoms with E-state index >= 15 is 0 Å². The van der Waals surface area contributed by atoms with Gasteiger partial charge in [-0.2, -0.15) is 0 Å². The van der Waals surface area contributed by atoms with E-state index in [0.29, 0.717) is 11.3 Å². The average molecular weight is 253 g/mol. The summed E-state index contributed by atoms with van der Waals surface area (Å²) in [6.07, 6.45) is 5.13. The van der Waals surface area contributed by atoms with Gasteiger partial charge in [0.25, 0.3) is 0 Å². The van der Waals surface area contributed by atoms with Gasteiger partial charge in [0.1, 0.15) is 11.6 Å². The standard InChI is InChI=1S/C13H16FNOS/c1-3-7-17-8-6-15-10(2)12-9-11(14)4-5-13(12)16/h1,4-5,9-10,15-16H,6-8H2,2H3. The van der Waals surface area contributed by atoms with Gasteiger partial charge in [-0.25, -0.2) is 4.39 Å². The van der Waals surface area contributed by atoms with Crippen molar-refractivity contribution in [1.82, 2.24) is 5.32 Å². The lowest BCUT2D eigenvalue weighted by Gasteiger charge is -2.15. The van der Waals surface area contributed by atoms with Gasteiger partial charge in [0.05, 0.1) is 5.75 Å². The quantitative estimate of drug-likeness (QED) is 0.603. The van der Waals surface area contributed by atoms with Crippen molar-refractivity contribution in [2.24, 2.45) is 0 Å². The lowest BCUT2D eigenvalue weighted by Crippen LogP contribution is -2.21. The number of nitrogens with one attached hydrogen (secondary N) is 1. The van der Waals surface area contributed by atoms with Crippen LogP contribution in [0.2, 0.25) is 0 Å². The molecule has 17 heavy (non-hydrogen) atoms. The molecule has 2 N–H and O–H groups in total. The van der Waals surface area contributed by atoms with E-state index in [1.165, 1.54) is 18.2 Å². The first-order valence-electron chi connectivity index (χ1n) is 5.38. The van der Waals surface area contributed by atoms with Crippen LogP contribution < -0.4 is 5.32 Å². The van der Waals surface area contributed by atoms with Crippen molar-refractivity contribution < 1.29 is 9.50 Å². The Morgan fingerprint density at radius 1 is 1.59 bits per heavy atom. The van der Waals surface area contributed by atoms with E-state index in [0.717, 1.165) is 12.3 Å². The number of hydrogen-bond donors (Lipinski definition) is 2. The summed E-state index contributed by atoms with van der Waals surface area (Å²) in [6, 6.07) is 3.88. The van der Waals surface area contributed by atoms with E-state index in [4.69, 9.17) is 6.42 Å². The molecule has 0 saturated carbocycles. The molecule has 0 amide bonds. The fraction of sp³-hybridized carbons (Fsp3) is 0.385. The molecule has 0 fully saturated rings. The Kier molecular flexibility index (Phi) is 5.88. The zero-order valence-electron chi connectivity index (χ0n) is 9.74. The fourth-order valence-electron chi connectivity index (χ4n) is 1.46. The minimum atomic E-state index is -0.340. The van der Waals surface area contributed by atoms with Crippen LogP contribution in [0.1, 0.15) is 18.5 Å². The molecule has 4 heteroatoms. The van der Waals surface area contributed by atoms with Gasteiger partial charge < -0.3 is 10.4 Å². The summed E-state index contributed by atoms with van der Waals surface area (Å²) >= 11 is 1.66. The van der Waals surface area contributed by atoms with Crippen LogP contribution in [0.3, 0.4) is 0 Å². The van der Waals surface area contributed by atoms with Gasteiger partial charge in [-0.3, -0.25) is 0 Å². The summed E-state index contributed by atoms with van der Waals surface area (Å²) in [6.45, 7) is 2.66. The highest BCUT2D eigenvalue weighted by Gasteiger charge is 2.10.